The average molecular weight is 366 g/mol. The molecule has 2 heterocycles. The fourth-order valence-electron chi connectivity index (χ4n) is 1.75. The van der Waals surface area contributed by atoms with Gasteiger partial charge in [-0.05, 0) is 24.3 Å². The summed E-state index contributed by atoms with van der Waals surface area (Å²) in [6, 6.07) is 11.5. The summed E-state index contributed by atoms with van der Waals surface area (Å²) in [6.07, 6.45) is 1.70. The summed E-state index contributed by atoms with van der Waals surface area (Å²) in [5, 5.41) is 2.57. The maximum atomic E-state index is 11.6. The Morgan fingerprint density at radius 2 is 1.95 bits per heavy atom. The number of amides is 1. The number of carbonyl (C=O) groups is 1. The Bertz CT molecular complexity index is 719. The predicted molar refractivity (Wildman–Crippen MR) is 88.2 cm³/mol. The van der Waals surface area contributed by atoms with Gasteiger partial charge < -0.3 is 9.73 Å². The van der Waals surface area contributed by atoms with Crippen LogP contribution in [0, 0.1) is 0 Å². The molecule has 0 unspecified atom stereocenters. The molecular weight excluding hydrogens is 358 g/mol. The predicted octanol–water partition coefficient (Wildman–Crippen LogP) is 4.20. The summed E-state index contributed by atoms with van der Waals surface area (Å²) in [5.74, 6) is 1.21. The molecule has 0 radical (unpaired) electrons. The number of thiocarbonyl (C=S) groups is 1. The minimum atomic E-state index is -0.179. The van der Waals surface area contributed by atoms with Crippen molar-refractivity contribution in [3.05, 3.63) is 51.5 Å². The van der Waals surface area contributed by atoms with Crippen LogP contribution in [0.4, 0.5) is 0 Å². The van der Waals surface area contributed by atoms with Gasteiger partial charge >= 0.3 is 0 Å². The van der Waals surface area contributed by atoms with Gasteiger partial charge in [0, 0.05) is 16.1 Å². The van der Waals surface area contributed by atoms with Crippen LogP contribution >= 0.6 is 39.9 Å². The first-order valence-electron chi connectivity index (χ1n) is 5.72. The molecule has 1 saturated heterocycles. The number of rotatable bonds is 2. The molecule has 1 amide bonds. The van der Waals surface area contributed by atoms with Crippen LogP contribution < -0.4 is 5.32 Å². The van der Waals surface area contributed by atoms with E-state index in [0.717, 1.165) is 15.8 Å². The van der Waals surface area contributed by atoms with E-state index in [1.165, 1.54) is 11.8 Å². The van der Waals surface area contributed by atoms with Crippen LogP contribution in [0.25, 0.3) is 17.4 Å². The molecule has 20 heavy (non-hydrogen) atoms. The van der Waals surface area contributed by atoms with Crippen molar-refractivity contribution < 1.29 is 9.21 Å². The fraction of sp³-hybridized carbons (Fsp3) is 0. The highest BCUT2D eigenvalue weighted by molar-refractivity contribution is 9.10. The van der Waals surface area contributed by atoms with Crippen molar-refractivity contribution in [3.8, 4) is 11.3 Å². The third-order valence-electron chi connectivity index (χ3n) is 2.67. The van der Waals surface area contributed by atoms with E-state index in [9.17, 15) is 4.79 Å². The Kier molecular flexibility index (Phi) is 3.78. The summed E-state index contributed by atoms with van der Waals surface area (Å²) in [7, 11) is 0. The largest absolute Gasteiger partial charge is 0.457 e. The lowest BCUT2D eigenvalue weighted by atomic mass is 10.2. The number of nitrogens with one attached hydrogen (secondary N) is 1. The van der Waals surface area contributed by atoms with Gasteiger partial charge in [0.05, 0.1) is 4.91 Å². The van der Waals surface area contributed by atoms with E-state index in [1.807, 2.05) is 36.4 Å². The molecule has 1 aromatic heterocycles. The second kappa shape index (κ2) is 5.55. The van der Waals surface area contributed by atoms with Gasteiger partial charge in [-0.2, -0.15) is 0 Å². The smallest absolute Gasteiger partial charge is 0.263 e. The van der Waals surface area contributed by atoms with Gasteiger partial charge in [0.15, 0.2) is 0 Å². The number of benzene rings is 1. The van der Waals surface area contributed by atoms with E-state index in [2.05, 4.69) is 21.2 Å². The number of halogens is 1. The topological polar surface area (TPSA) is 42.2 Å². The van der Waals surface area contributed by atoms with Gasteiger partial charge in [0.1, 0.15) is 15.8 Å². The van der Waals surface area contributed by atoms with Gasteiger partial charge in [-0.1, -0.05) is 52.0 Å². The highest BCUT2D eigenvalue weighted by Crippen LogP contribution is 2.29. The molecule has 1 aromatic carbocycles. The van der Waals surface area contributed by atoms with E-state index in [4.69, 9.17) is 16.6 Å². The summed E-state index contributed by atoms with van der Waals surface area (Å²) >= 11 is 9.57. The van der Waals surface area contributed by atoms with Crippen molar-refractivity contribution >= 4 is 56.2 Å². The Morgan fingerprint density at radius 1 is 1.20 bits per heavy atom. The summed E-state index contributed by atoms with van der Waals surface area (Å²) in [5.41, 5.74) is 0.983. The molecule has 2 aromatic rings. The van der Waals surface area contributed by atoms with Gasteiger partial charge in [-0.25, -0.2) is 0 Å². The molecule has 1 fully saturated rings. The monoisotopic (exact) mass is 365 g/mol. The Hall–Kier alpha value is -1.37. The first kappa shape index (κ1) is 13.6. The molecule has 0 bridgehead atoms. The van der Waals surface area contributed by atoms with Gasteiger partial charge in [0.2, 0.25) is 0 Å². The van der Waals surface area contributed by atoms with Crippen LogP contribution in [0.5, 0.6) is 0 Å². The molecule has 6 heteroatoms. The lowest BCUT2D eigenvalue weighted by Gasteiger charge is -1.96. The molecule has 0 saturated carbocycles. The van der Waals surface area contributed by atoms with E-state index in [-0.39, 0.29) is 5.91 Å². The van der Waals surface area contributed by atoms with Crippen LogP contribution in [0.2, 0.25) is 0 Å². The fourth-order valence-corrected chi connectivity index (χ4v) is 3.04. The van der Waals surface area contributed by atoms with Crippen LogP contribution in [-0.2, 0) is 4.79 Å². The van der Waals surface area contributed by atoms with E-state index < -0.39 is 0 Å². The SMILES string of the molecule is O=C1NC(=S)SC1=Cc1ccc(-c2ccc(Br)cc2)o1. The molecule has 1 aliphatic heterocycles. The highest BCUT2D eigenvalue weighted by atomic mass is 79.9. The van der Waals surface area contributed by atoms with Crippen molar-refractivity contribution in [1.82, 2.24) is 5.32 Å². The Labute approximate surface area is 133 Å². The maximum absolute atomic E-state index is 11.6. The van der Waals surface area contributed by atoms with E-state index in [1.54, 1.807) is 6.08 Å². The van der Waals surface area contributed by atoms with Gasteiger partial charge in [-0.3, -0.25) is 4.79 Å². The zero-order chi connectivity index (χ0) is 14.1. The number of furan rings is 1. The zero-order valence-electron chi connectivity index (χ0n) is 10.1. The van der Waals surface area contributed by atoms with Crippen LogP contribution in [0.1, 0.15) is 5.76 Å². The van der Waals surface area contributed by atoms with Crippen molar-refractivity contribution in [3.63, 3.8) is 0 Å². The van der Waals surface area contributed by atoms with Gasteiger partial charge in [0.25, 0.3) is 5.91 Å². The molecule has 1 N–H and O–H groups in total. The lowest BCUT2D eigenvalue weighted by molar-refractivity contribution is -0.115. The third kappa shape index (κ3) is 2.87. The Balaban J connectivity index is 1.87. The number of hydrogen-bond donors (Lipinski definition) is 1. The molecule has 1 aliphatic rings. The molecular formula is C14H8BrNO2S2. The molecule has 3 rings (SSSR count). The molecule has 0 spiro atoms. The third-order valence-corrected chi connectivity index (χ3v) is 4.36. The summed E-state index contributed by atoms with van der Waals surface area (Å²) < 4.78 is 7.22. The molecule has 3 nitrogen and oxygen atoms in total. The second-order valence-corrected chi connectivity index (χ2v) is 6.70. The standard InChI is InChI=1S/C14H8BrNO2S2/c15-9-3-1-8(2-4-9)11-6-5-10(18-11)7-12-13(17)16-14(19)20-12/h1-7H,(H,16,17,19). The minimum absolute atomic E-state index is 0.179. The van der Waals surface area contributed by atoms with Crippen LogP contribution in [0.15, 0.2) is 50.2 Å². The molecule has 0 aliphatic carbocycles. The first-order chi connectivity index (χ1) is 9.61. The van der Waals surface area contributed by atoms with Crippen molar-refractivity contribution in [2.45, 2.75) is 0 Å². The van der Waals surface area contributed by atoms with Crippen LogP contribution in [0.3, 0.4) is 0 Å². The lowest BCUT2D eigenvalue weighted by Crippen LogP contribution is -2.17. The van der Waals surface area contributed by atoms with E-state index in [0.29, 0.717) is 15.0 Å². The quantitative estimate of drug-likeness (QED) is 0.639. The van der Waals surface area contributed by atoms with Crippen molar-refractivity contribution in [2.75, 3.05) is 0 Å². The van der Waals surface area contributed by atoms with Crippen molar-refractivity contribution in [2.24, 2.45) is 0 Å². The van der Waals surface area contributed by atoms with Gasteiger partial charge in [-0.15, -0.1) is 0 Å². The summed E-state index contributed by atoms with van der Waals surface area (Å²) in [4.78, 5) is 12.1. The maximum Gasteiger partial charge on any atom is 0.263 e. The number of carbonyl (C=O) groups excluding carboxylic acids is 1. The zero-order valence-corrected chi connectivity index (χ0v) is 13.3. The highest BCUT2D eigenvalue weighted by Gasteiger charge is 2.22. The van der Waals surface area contributed by atoms with Crippen LogP contribution in [-0.4, -0.2) is 10.2 Å². The average Bonchev–Trinajstić information content (AvgIpc) is 2.98. The molecule has 100 valence electrons. The molecule has 0 atom stereocenters. The number of hydrogen-bond acceptors (Lipinski definition) is 4. The summed E-state index contributed by atoms with van der Waals surface area (Å²) in [6.45, 7) is 0. The minimum Gasteiger partial charge on any atom is -0.457 e. The second-order valence-electron chi connectivity index (χ2n) is 4.06. The normalized spacial score (nSPS) is 16.8. The first-order valence-corrected chi connectivity index (χ1v) is 7.74. The Morgan fingerprint density at radius 3 is 2.60 bits per heavy atom. The van der Waals surface area contributed by atoms with E-state index >= 15 is 0 Å². The number of thioether (sulfide) groups is 1. The van der Waals surface area contributed by atoms with Crippen molar-refractivity contribution in [1.29, 1.82) is 0 Å².